The summed E-state index contributed by atoms with van der Waals surface area (Å²) >= 11 is 0. The van der Waals surface area contributed by atoms with Crippen LogP contribution in [-0.2, 0) is 14.3 Å². The molecule has 1 amide bonds. The van der Waals surface area contributed by atoms with Crippen molar-refractivity contribution in [3.63, 3.8) is 0 Å². The monoisotopic (exact) mass is 298 g/mol. The highest BCUT2D eigenvalue weighted by Gasteiger charge is 2.27. The zero-order valence-corrected chi connectivity index (χ0v) is 13.9. The molecule has 122 valence electrons. The largest absolute Gasteiger partial charge is 0.467 e. The third kappa shape index (κ3) is 5.65. The Hall–Kier alpha value is -1.10. The summed E-state index contributed by atoms with van der Waals surface area (Å²) in [6.45, 7) is 4.29. The lowest BCUT2D eigenvalue weighted by Gasteiger charge is -2.31. The molecule has 1 saturated carbocycles. The van der Waals surface area contributed by atoms with Crippen LogP contribution in [0, 0.1) is 5.92 Å². The first-order valence-electron chi connectivity index (χ1n) is 8.07. The van der Waals surface area contributed by atoms with Gasteiger partial charge < -0.3 is 10.1 Å². The molecule has 0 aromatic carbocycles. The smallest absolute Gasteiger partial charge is 0.328 e. The Morgan fingerprint density at radius 2 is 1.90 bits per heavy atom. The topological polar surface area (TPSA) is 58.6 Å². The molecule has 1 N–H and O–H groups in total. The first-order chi connectivity index (χ1) is 9.99. The predicted octanol–water partition coefficient (Wildman–Crippen LogP) is 1.95. The zero-order valence-electron chi connectivity index (χ0n) is 13.9. The summed E-state index contributed by atoms with van der Waals surface area (Å²) in [5.74, 6) is -0.391. The van der Waals surface area contributed by atoms with E-state index in [9.17, 15) is 9.59 Å². The van der Waals surface area contributed by atoms with Crippen LogP contribution in [0.15, 0.2) is 0 Å². The molecule has 2 unspecified atom stereocenters. The second kappa shape index (κ2) is 9.03. The van der Waals surface area contributed by atoms with Gasteiger partial charge in [0.1, 0.15) is 6.04 Å². The summed E-state index contributed by atoms with van der Waals surface area (Å²) < 4.78 is 4.79. The average molecular weight is 298 g/mol. The van der Waals surface area contributed by atoms with Crippen LogP contribution in [-0.4, -0.2) is 49.6 Å². The molecule has 5 nitrogen and oxygen atoms in total. The van der Waals surface area contributed by atoms with Gasteiger partial charge in [0, 0.05) is 6.04 Å². The summed E-state index contributed by atoms with van der Waals surface area (Å²) in [6, 6.07) is -0.0584. The van der Waals surface area contributed by atoms with E-state index in [-0.39, 0.29) is 17.8 Å². The second-order valence-corrected chi connectivity index (χ2v) is 6.16. The zero-order chi connectivity index (χ0) is 15.8. The van der Waals surface area contributed by atoms with Gasteiger partial charge in [-0.15, -0.1) is 0 Å². The molecule has 0 heterocycles. The molecular weight excluding hydrogens is 268 g/mol. The third-order valence-corrected chi connectivity index (χ3v) is 4.58. The summed E-state index contributed by atoms with van der Waals surface area (Å²) in [5.41, 5.74) is 0. The van der Waals surface area contributed by atoms with Gasteiger partial charge >= 0.3 is 5.97 Å². The lowest BCUT2D eigenvalue weighted by molar-refractivity contribution is -0.146. The Bertz CT molecular complexity index is 340. The lowest BCUT2D eigenvalue weighted by Crippen LogP contribution is -2.49. The first-order valence-corrected chi connectivity index (χ1v) is 8.07. The van der Waals surface area contributed by atoms with Crippen molar-refractivity contribution in [2.75, 3.05) is 20.7 Å². The molecule has 0 spiro atoms. The van der Waals surface area contributed by atoms with E-state index < -0.39 is 6.04 Å². The van der Waals surface area contributed by atoms with E-state index in [1.165, 1.54) is 26.4 Å². The number of ether oxygens (including phenoxy) is 1. The average Bonchev–Trinajstić information content (AvgIpc) is 2.51. The molecule has 1 rings (SSSR count). The van der Waals surface area contributed by atoms with E-state index >= 15 is 0 Å². The number of esters is 1. The highest BCUT2D eigenvalue weighted by molar-refractivity contribution is 5.85. The van der Waals surface area contributed by atoms with Gasteiger partial charge in [-0.2, -0.15) is 0 Å². The molecule has 1 aliphatic rings. The second-order valence-electron chi connectivity index (χ2n) is 6.16. The fraction of sp³-hybridized carbons (Fsp3) is 0.875. The summed E-state index contributed by atoms with van der Waals surface area (Å²) in [6.07, 6.45) is 6.93. The van der Waals surface area contributed by atoms with E-state index in [0.29, 0.717) is 12.6 Å². The van der Waals surface area contributed by atoms with E-state index in [0.717, 1.165) is 19.3 Å². The molecule has 1 fully saturated rings. The molecule has 0 saturated heterocycles. The van der Waals surface area contributed by atoms with Crippen LogP contribution in [0.1, 0.15) is 52.4 Å². The molecule has 5 heteroatoms. The predicted molar refractivity (Wildman–Crippen MR) is 82.9 cm³/mol. The Morgan fingerprint density at radius 1 is 1.29 bits per heavy atom. The van der Waals surface area contributed by atoms with Crippen molar-refractivity contribution in [1.29, 1.82) is 0 Å². The van der Waals surface area contributed by atoms with Gasteiger partial charge in [-0.25, -0.2) is 4.79 Å². The van der Waals surface area contributed by atoms with E-state index in [1.54, 1.807) is 0 Å². The number of likely N-dealkylation sites (N-methyl/N-ethyl adjacent to an activating group) is 1. The van der Waals surface area contributed by atoms with E-state index in [1.807, 2.05) is 20.9 Å². The molecule has 0 aliphatic heterocycles. The van der Waals surface area contributed by atoms with Crippen molar-refractivity contribution in [1.82, 2.24) is 10.2 Å². The number of carbonyl (C=O) groups is 2. The third-order valence-electron chi connectivity index (χ3n) is 4.58. The van der Waals surface area contributed by atoms with Crippen molar-refractivity contribution < 1.29 is 14.3 Å². The number of amides is 1. The molecular formula is C16H30N2O3. The molecule has 0 radical (unpaired) electrons. The number of hydrogen-bond donors (Lipinski definition) is 1. The quantitative estimate of drug-likeness (QED) is 0.730. The van der Waals surface area contributed by atoms with Gasteiger partial charge in [0.05, 0.1) is 13.7 Å². The summed E-state index contributed by atoms with van der Waals surface area (Å²) in [4.78, 5) is 26.1. The number of nitrogens with zero attached hydrogens (tertiary/aromatic N) is 1. The molecule has 0 aromatic rings. The Balaban J connectivity index is 2.50. The van der Waals surface area contributed by atoms with Crippen molar-refractivity contribution in [3.8, 4) is 0 Å². The number of carbonyl (C=O) groups excluding carboxylic acids is 2. The normalized spacial score (nSPS) is 19.1. The van der Waals surface area contributed by atoms with Crippen LogP contribution in [0.2, 0.25) is 0 Å². The van der Waals surface area contributed by atoms with Gasteiger partial charge in [0.25, 0.3) is 0 Å². The fourth-order valence-corrected chi connectivity index (χ4v) is 2.89. The Kier molecular flexibility index (Phi) is 7.72. The maximum Gasteiger partial charge on any atom is 0.328 e. The minimum absolute atomic E-state index is 0.0707. The van der Waals surface area contributed by atoms with E-state index in [4.69, 9.17) is 4.74 Å². The summed E-state index contributed by atoms with van der Waals surface area (Å²) in [7, 11) is 3.35. The maximum absolute atomic E-state index is 12.2. The number of hydrogen-bond acceptors (Lipinski definition) is 4. The maximum atomic E-state index is 12.2. The van der Waals surface area contributed by atoms with Crippen LogP contribution < -0.4 is 5.32 Å². The number of nitrogens with one attached hydrogen (secondary N) is 1. The molecule has 0 aromatic heterocycles. The van der Waals surface area contributed by atoms with Gasteiger partial charge in [-0.3, -0.25) is 9.69 Å². The van der Waals surface area contributed by atoms with Crippen molar-refractivity contribution in [3.05, 3.63) is 0 Å². The molecule has 1 aliphatic carbocycles. The first kappa shape index (κ1) is 18.0. The van der Waals surface area contributed by atoms with Crippen molar-refractivity contribution >= 4 is 11.9 Å². The van der Waals surface area contributed by atoms with Crippen LogP contribution in [0.25, 0.3) is 0 Å². The standard InChI is InChI=1S/C16H30N2O3/c1-5-12(2)15(16(20)21-4)17-14(19)11-18(3)13-9-7-6-8-10-13/h12-13,15H,5-11H2,1-4H3,(H,17,19). The number of rotatable bonds is 7. The minimum atomic E-state index is -0.549. The highest BCUT2D eigenvalue weighted by atomic mass is 16.5. The van der Waals surface area contributed by atoms with Crippen LogP contribution in [0.5, 0.6) is 0 Å². The fourth-order valence-electron chi connectivity index (χ4n) is 2.89. The summed E-state index contributed by atoms with van der Waals surface area (Å²) in [5, 5.41) is 2.83. The van der Waals surface area contributed by atoms with Crippen LogP contribution >= 0.6 is 0 Å². The molecule has 0 bridgehead atoms. The van der Waals surface area contributed by atoms with Gasteiger partial charge in [0.2, 0.25) is 5.91 Å². The lowest BCUT2D eigenvalue weighted by atomic mass is 9.94. The van der Waals surface area contributed by atoms with Crippen LogP contribution in [0.4, 0.5) is 0 Å². The number of methoxy groups -OCH3 is 1. The molecule has 21 heavy (non-hydrogen) atoms. The van der Waals surface area contributed by atoms with Gasteiger partial charge in [-0.1, -0.05) is 39.5 Å². The van der Waals surface area contributed by atoms with Crippen LogP contribution in [0.3, 0.4) is 0 Å². The van der Waals surface area contributed by atoms with Crippen molar-refractivity contribution in [2.45, 2.75) is 64.5 Å². The van der Waals surface area contributed by atoms with Gasteiger partial charge in [-0.05, 0) is 25.8 Å². The van der Waals surface area contributed by atoms with Crippen molar-refractivity contribution in [2.24, 2.45) is 5.92 Å². The minimum Gasteiger partial charge on any atom is -0.467 e. The molecule has 2 atom stereocenters. The van der Waals surface area contributed by atoms with Gasteiger partial charge in [0.15, 0.2) is 0 Å². The SMILES string of the molecule is CCC(C)C(NC(=O)CN(C)C1CCCCC1)C(=O)OC. The Morgan fingerprint density at radius 3 is 2.43 bits per heavy atom. The highest BCUT2D eigenvalue weighted by Crippen LogP contribution is 2.21. The Labute approximate surface area is 128 Å². The van der Waals surface area contributed by atoms with E-state index in [2.05, 4.69) is 10.2 Å².